The number of carbonyl (C=O) groups excluding carboxylic acids is 4. The zero-order valence-electron chi connectivity index (χ0n) is 28.5. The Bertz CT molecular complexity index is 1800. The molecule has 6 rings (SSSR count). The number of carbonyl (C=O) groups is 5. The van der Waals surface area contributed by atoms with E-state index in [1.165, 1.54) is 27.7 Å². The Hall–Kier alpha value is -5.46. The maximum atomic E-state index is 14.5. The van der Waals surface area contributed by atoms with E-state index in [4.69, 9.17) is 4.74 Å². The Morgan fingerprint density at radius 2 is 1.53 bits per heavy atom. The molecule has 0 spiro atoms. The number of halogens is 1. The second kappa shape index (κ2) is 15.6. The van der Waals surface area contributed by atoms with Crippen LogP contribution in [-0.2, 0) is 9.59 Å². The van der Waals surface area contributed by atoms with Gasteiger partial charge in [0.25, 0.3) is 11.8 Å². The predicted molar refractivity (Wildman–Crippen MR) is 187 cm³/mol. The van der Waals surface area contributed by atoms with E-state index < -0.39 is 35.7 Å². The molecule has 2 aliphatic heterocycles. The van der Waals surface area contributed by atoms with Gasteiger partial charge in [-0.05, 0) is 72.9 Å². The van der Waals surface area contributed by atoms with Crippen LogP contribution in [0, 0.1) is 5.82 Å². The van der Waals surface area contributed by atoms with Crippen molar-refractivity contribution in [2.24, 2.45) is 0 Å². The summed E-state index contributed by atoms with van der Waals surface area (Å²) in [6.07, 6.45) is 4.40. The summed E-state index contributed by atoms with van der Waals surface area (Å²) in [5.74, 6) is -1.72. The van der Waals surface area contributed by atoms with Crippen LogP contribution in [0.15, 0.2) is 66.7 Å². The van der Waals surface area contributed by atoms with Gasteiger partial charge in [-0.1, -0.05) is 37.5 Å². The second-order valence-electron chi connectivity index (χ2n) is 13.4. The predicted octanol–water partition coefficient (Wildman–Crippen LogP) is 5.57. The molecule has 0 radical (unpaired) electrons. The first kappa shape index (κ1) is 35.4. The first-order chi connectivity index (χ1) is 24.5. The summed E-state index contributed by atoms with van der Waals surface area (Å²) in [4.78, 5) is 69.2. The third-order valence-corrected chi connectivity index (χ3v) is 9.75. The van der Waals surface area contributed by atoms with Gasteiger partial charge < -0.3 is 35.2 Å². The number of carboxylic acid groups (broad SMARTS) is 1. The highest BCUT2D eigenvalue weighted by atomic mass is 19.1. The number of nitrogens with one attached hydrogen (secondary N) is 2. The lowest BCUT2D eigenvalue weighted by atomic mass is 9.83. The van der Waals surface area contributed by atoms with Gasteiger partial charge in [-0.3, -0.25) is 19.2 Å². The highest BCUT2D eigenvalue weighted by Crippen LogP contribution is 2.39. The molecule has 3 N–H and O–H groups in total. The van der Waals surface area contributed by atoms with Crippen molar-refractivity contribution in [1.82, 2.24) is 14.7 Å². The van der Waals surface area contributed by atoms with Gasteiger partial charge in [0.2, 0.25) is 11.8 Å². The molecule has 12 nitrogen and oxygen atoms in total. The molecule has 1 aliphatic carbocycles. The summed E-state index contributed by atoms with van der Waals surface area (Å²) < 4.78 is 20.9. The topological polar surface area (TPSA) is 149 Å². The van der Waals surface area contributed by atoms with Gasteiger partial charge in [0, 0.05) is 55.5 Å². The van der Waals surface area contributed by atoms with E-state index in [9.17, 15) is 33.5 Å². The fourth-order valence-electron chi connectivity index (χ4n) is 7.22. The monoisotopic (exact) mass is 699 g/mol. The number of piperazine rings is 1. The van der Waals surface area contributed by atoms with Gasteiger partial charge in [0.15, 0.2) is 0 Å². The Balaban J connectivity index is 1.27. The second-order valence-corrected chi connectivity index (χ2v) is 13.4. The third kappa shape index (κ3) is 8.47. The number of para-hydroxylation sites is 1. The van der Waals surface area contributed by atoms with Crippen LogP contribution in [-0.4, -0.2) is 94.4 Å². The molecule has 3 aliphatic rings. The van der Waals surface area contributed by atoms with E-state index in [0.29, 0.717) is 30.0 Å². The number of hydrogen-bond donors (Lipinski definition) is 3. The van der Waals surface area contributed by atoms with Crippen molar-refractivity contribution in [3.63, 3.8) is 0 Å². The molecule has 1 unspecified atom stereocenters. The lowest BCUT2D eigenvalue weighted by Gasteiger charge is -2.40. The average Bonchev–Trinajstić information content (AvgIpc) is 3.60. The minimum atomic E-state index is -1.08. The fraction of sp³-hybridized carbons (Fsp3) is 0.395. The molecule has 13 heteroatoms. The maximum absolute atomic E-state index is 14.5. The summed E-state index contributed by atoms with van der Waals surface area (Å²) in [6.45, 7) is 1.92. The first-order valence-electron chi connectivity index (χ1n) is 17.4. The number of likely N-dealkylation sites (tertiary alicyclic amines) is 1. The highest BCUT2D eigenvalue weighted by Gasteiger charge is 2.38. The normalized spacial score (nSPS) is 19.4. The van der Waals surface area contributed by atoms with Crippen LogP contribution in [0.3, 0.4) is 0 Å². The zero-order chi connectivity index (χ0) is 36.1. The van der Waals surface area contributed by atoms with Gasteiger partial charge in [-0.2, -0.15) is 0 Å². The van der Waals surface area contributed by atoms with Gasteiger partial charge in [-0.15, -0.1) is 0 Å². The van der Waals surface area contributed by atoms with E-state index in [2.05, 4.69) is 10.6 Å². The van der Waals surface area contributed by atoms with E-state index in [0.717, 1.165) is 49.8 Å². The van der Waals surface area contributed by atoms with Crippen LogP contribution in [0.2, 0.25) is 0 Å². The van der Waals surface area contributed by atoms with Crippen LogP contribution in [0.5, 0.6) is 5.75 Å². The first-order valence-corrected chi connectivity index (χ1v) is 17.4. The maximum Gasteiger partial charge on any atom is 0.407 e. The van der Waals surface area contributed by atoms with Crippen LogP contribution in [0.4, 0.5) is 20.6 Å². The lowest BCUT2D eigenvalue weighted by molar-refractivity contribution is -0.122. The van der Waals surface area contributed by atoms with Crippen molar-refractivity contribution in [3.8, 4) is 5.75 Å². The number of benzene rings is 3. The highest BCUT2D eigenvalue weighted by molar-refractivity contribution is 6.03. The summed E-state index contributed by atoms with van der Waals surface area (Å²) in [5, 5.41) is 14.8. The van der Waals surface area contributed by atoms with Gasteiger partial charge in [-0.25, -0.2) is 9.18 Å². The molecular formula is C38H42FN5O7. The number of anilines is 2. The van der Waals surface area contributed by atoms with Crippen LogP contribution < -0.4 is 15.4 Å². The molecule has 0 bridgehead atoms. The number of rotatable bonds is 8. The standard InChI is InChI=1S/C38H42FN5O7/c1-24(45)40-30-19-27(18-28(39)21-30)36(47)42-16-17-44(33(23-42)35(46)41-29-10-6-3-7-11-29)37(48)26-12-13-34(32(20-26)25-8-4-2-5-9-25)51-31-14-15-43(22-31)38(49)50/h3,6-7,10-13,18-21,25,31,33H,2,4-5,8-9,14-17,22-23H2,1H3,(H,40,45)(H,41,46)(H,49,50)/t31?,33-/m1/s1. The van der Waals surface area contributed by atoms with Gasteiger partial charge in [0.1, 0.15) is 23.7 Å². The summed E-state index contributed by atoms with van der Waals surface area (Å²) in [5.41, 5.74) is 1.94. The Labute approximate surface area is 295 Å². The van der Waals surface area contributed by atoms with E-state index >= 15 is 0 Å². The fourth-order valence-corrected chi connectivity index (χ4v) is 7.22. The van der Waals surface area contributed by atoms with Crippen LogP contribution >= 0.6 is 0 Å². The molecule has 2 atom stereocenters. The summed E-state index contributed by atoms with van der Waals surface area (Å²) in [6, 6.07) is 16.6. The quantitative estimate of drug-likeness (QED) is 0.279. The Morgan fingerprint density at radius 1 is 0.765 bits per heavy atom. The zero-order valence-corrected chi connectivity index (χ0v) is 28.5. The van der Waals surface area contributed by atoms with Crippen LogP contribution in [0.25, 0.3) is 0 Å². The molecule has 2 saturated heterocycles. The van der Waals surface area contributed by atoms with E-state index in [1.54, 1.807) is 36.4 Å². The third-order valence-electron chi connectivity index (χ3n) is 9.75. The van der Waals surface area contributed by atoms with Gasteiger partial charge in [0.05, 0.1) is 13.1 Å². The van der Waals surface area contributed by atoms with Crippen molar-refractivity contribution in [1.29, 1.82) is 0 Å². The van der Waals surface area contributed by atoms with Gasteiger partial charge >= 0.3 is 6.09 Å². The van der Waals surface area contributed by atoms with Crippen molar-refractivity contribution in [3.05, 3.63) is 89.2 Å². The van der Waals surface area contributed by atoms with Crippen molar-refractivity contribution in [2.45, 2.75) is 63.5 Å². The molecular weight excluding hydrogens is 657 g/mol. The molecule has 2 heterocycles. The molecule has 0 aromatic heterocycles. The van der Waals surface area contributed by atoms with Crippen molar-refractivity contribution >= 4 is 41.1 Å². The minimum Gasteiger partial charge on any atom is -0.488 e. The minimum absolute atomic E-state index is 0.00203. The summed E-state index contributed by atoms with van der Waals surface area (Å²) >= 11 is 0. The molecule has 3 fully saturated rings. The molecule has 1 saturated carbocycles. The smallest absolute Gasteiger partial charge is 0.407 e. The van der Waals surface area contributed by atoms with E-state index in [-0.39, 0.29) is 55.4 Å². The van der Waals surface area contributed by atoms with Crippen molar-refractivity contribution < 1.29 is 38.2 Å². The Kier molecular flexibility index (Phi) is 10.8. The number of ether oxygens (including phenoxy) is 1. The molecule has 268 valence electrons. The molecule has 51 heavy (non-hydrogen) atoms. The lowest BCUT2D eigenvalue weighted by Crippen LogP contribution is -2.60. The number of hydrogen-bond acceptors (Lipinski definition) is 6. The molecule has 5 amide bonds. The molecule has 3 aromatic rings. The SMILES string of the molecule is CC(=O)Nc1cc(F)cc(C(=O)N2CCN(C(=O)c3ccc(OC4CCN(C(=O)O)C4)c(C4CCCCC4)c3)[C@@H](C(=O)Nc3ccccc3)C2)c1. The van der Waals surface area contributed by atoms with E-state index in [1.807, 2.05) is 12.1 Å². The Morgan fingerprint density at radius 3 is 2.24 bits per heavy atom. The largest absolute Gasteiger partial charge is 0.488 e. The number of amides is 5. The number of nitrogens with zero attached hydrogens (tertiary/aromatic N) is 3. The van der Waals surface area contributed by atoms with Crippen LogP contribution in [0.1, 0.15) is 77.6 Å². The summed E-state index contributed by atoms with van der Waals surface area (Å²) in [7, 11) is 0. The molecule has 3 aromatic carbocycles. The van der Waals surface area contributed by atoms with Crippen molar-refractivity contribution in [2.75, 3.05) is 43.4 Å². The average molecular weight is 700 g/mol.